The molecule has 252 valence electrons. The van der Waals surface area contributed by atoms with E-state index in [0.717, 1.165) is 19.3 Å². The molecule has 4 N–H and O–H groups in total. The van der Waals surface area contributed by atoms with Crippen molar-refractivity contribution in [3.05, 3.63) is 0 Å². The molecule has 42 heavy (non-hydrogen) atoms. The van der Waals surface area contributed by atoms with Crippen LogP contribution in [0.1, 0.15) is 226 Å². The van der Waals surface area contributed by atoms with E-state index in [9.17, 15) is 9.59 Å². The highest BCUT2D eigenvalue weighted by molar-refractivity contribution is 5.76. The van der Waals surface area contributed by atoms with E-state index in [0.29, 0.717) is 6.42 Å². The van der Waals surface area contributed by atoms with Crippen LogP contribution in [0.15, 0.2) is 0 Å². The lowest BCUT2D eigenvalue weighted by molar-refractivity contribution is -0.122. The van der Waals surface area contributed by atoms with Crippen molar-refractivity contribution < 1.29 is 9.59 Å². The van der Waals surface area contributed by atoms with Gasteiger partial charge in [0.25, 0.3) is 0 Å². The highest BCUT2D eigenvalue weighted by Crippen LogP contribution is 2.17. The minimum Gasteiger partial charge on any atom is -0.370 e. The van der Waals surface area contributed by atoms with Crippen molar-refractivity contribution in [2.75, 3.05) is 0 Å². The Labute approximate surface area is 264 Å². The lowest BCUT2D eigenvalue weighted by Crippen LogP contribution is -2.22. The Bertz CT molecular complexity index is 537. The molecule has 0 saturated carbocycles. The van der Waals surface area contributed by atoms with E-state index in [4.69, 9.17) is 11.5 Å². The maximum Gasteiger partial charge on any atom is 0.220 e. The van der Waals surface area contributed by atoms with Gasteiger partial charge in [-0.25, -0.2) is 0 Å². The van der Waals surface area contributed by atoms with Gasteiger partial charge in [-0.05, 0) is 19.3 Å². The number of carbonyl (C=O) groups excluding carboxylic acids is 2. The second-order valence-electron chi connectivity index (χ2n) is 13.1. The summed E-state index contributed by atoms with van der Waals surface area (Å²) in [7, 11) is 0. The summed E-state index contributed by atoms with van der Waals surface area (Å²) in [4.78, 5) is 21.7. The first-order chi connectivity index (χ1) is 20.5. The fourth-order valence-electron chi connectivity index (χ4n) is 5.80. The molecule has 4 nitrogen and oxygen atoms in total. The fourth-order valence-corrected chi connectivity index (χ4v) is 5.80. The molecular weight excluding hydrogens is 516 g/mol. The van der Waals surface area contributed by atoms with E-state index in [1.54, 1.807) is 0 Å². The molecule has 0 heterocycles. The Morgan fingerprint density at radius 1 is 0.405 bits per heavy atom. The topological polar surface area (TPSA) is 86.2 Å². The molecule has 0 aromatic rings. The zero-order valence-electron chi connectivity index (χ0n) is 29.2. The molecular formula is C38H78N2O2. The van der Waals surface area contributed by atoms with Gasteiger partial charge < -0.3 is 11.5 Å². The van der Waals surface area contributed by atoms with Gasteiger partial charge in [0, 0.05) is 12.3 Å². The van der Waals surface area contributed by atoms with E-state index in [1.807, 2.05) is 0 Å². The zero-order valence-corrected chi connectivity index (χ0v) is 29.2. The molecule has 4 heteroatoms. The summed E-state index contributed by atoms with van der Waals surface area (Å²) in [6.45, 7) is 6.61. The lowest BCUT2D eigenvalue weighted by atomic mass is 9.97. The first kappa shape index (κ1) is 43.1. The maximum absolute atomic E-state index is 11.1. The van der Waals surface area contributed by atoms with Crippen molar-refractivity contribution in [2.24, 2.45) is 17.4 Å². The predicted octanol–water partition coefficient (Wildman–Crippen LogP) is 12.1. The third kappa shape index (κ3) is 38.9. The van der Waals surface area contributed by atoms with Crippen LogP contribution in [-0.2, 0) is 9.59 Å². The van der Waals surface area contributed by atoms with Crippen LogP contribution >= 0.6 is 0 Å². The molecule has 0 saturated heterocycles. The Morgan fingerprint density at radius 3 is 0.905 bits per heavy atom. The molecule has 0 radical (unpaired) electrons. The van der Waals surface area contributed by atoms with Gasteiger partial charge in [-0.3, -0.25) is 9.59 Å². The molecule has 0 aromatic heterocycles. The smallest absolute Gasteiger partial charge is 0.220 e. The van der Waals surface area contributed by atoms with Gasteiger partial charge >= 0.3 is 0 Å². The van der Waals surface area contributed by atoms with Crippen LogP contribution in [0.3, 0.4) is 0 Å². The molecule has 0 aliphatic rings. The van der Waals surface area contributed by atoms with Crippen molar-refractivity contribution in [3.63, 3.8) is 0 Å². The van der Waals surface area contributed by atoms with Crippen molar-refractivity contribution in [1.29, 1.82) is 0 Å². The lowest BCUT2D eigenvalue weighted by Gasteiger charge is -2.09. The zero-order chi connectivity index (χ0) is 31.4. The van der Waals surface area contributed by atoms with Gasteiger partial charge in [0.15, 0.2) is 0 Å². The minimum atomic E-state index is -0.153. The highest BCUT2D eigenvalue weighted by Gasteiger charge is 2.11. The van der Waals surface area contributed by atoms with Crippen molar-refractivity contribution in [2.45, 2.75) is 226 Å². The van der Waals surface area contributed by atoms with Crippen molar-refractivity contribution in [3.8, 4) is 0 Å². The number of hydrogen-bond donors (Lipinski definition) is 2. The van der Waals surface area contributed by atoms with Crippen LogP contribution in [0.2, 0.25) is 0 Å². The van der Waals surface area contributed by atoms with Crippen LogP contribution in [0, 0.1) is 5.92 Å². The minimum absolute atomic E-state index is 0.109. The summed E-state index contributed by atoms with van der Waals surface area (Å²) in [5.41, 5.74) is 10.5. The monoisotopic (exact) mass is 595 g/mol. The summed E-state index contributed by atoms with van der Waals surface area (Å²) in [6, 6.07) is 0. The highest BCUT2D eigenvalue weighted by atomic mass is 16.1. The van der Waals surface area contributed by atoms with E-state index in [2.05, 4.69) is 20.8 Å². The number of rotatable bonds is 33. The van der Waals surface area contributed by atoms with Gasteiger partial charge in [0.2, 0.25) is 11.8 Å². The van der Waals surface area contributed by atoms with Crippen LogP contribution in [-0.4, -0.2) is 11.8 Å². The number of amides is 2. The Balaban J connectivity index is 0. The second kappa shape index (κ2) is 38.0. The SMILES string of the molecule is CCCCCCCCCCCCCCCCC(CC)C(N)=O.CCCCCCCCCCCCCCCCCC(N)=O. The quantitative estimate of drug-likeness (QED) is 0.0740. The number of carbonyl (C=O) groups is 2. The summed E-state index contributed by atoms with van der Waals surface area (Å²) in [5.74, 6) is -0.158. The summed E-state index contributed by atoms with van der Waals surface area (Å²) in [5, 5.41) is 0. The predicted molar refractivity (Wildman–Crippen MR) is 187 cm³/mol. The molecule has 0 aliphatic carbocycles. The van der Waals surface area contributed by atoms with Crippen molar-refractivity contribution >= 4 is 11.8 Å². The molecule has 0 fully saturated rings. The van der Waals surface area contributed by atoms with E-state index >= 15 is 0 Å². The van der Waals surface area contributed by atoms with E-state index < -0.39 is 0 Å². The number of nitrogens with two attached hydrogens (primary N) is 2. The van der Waals surface area contributed by atoms with Gasteiger partial charge in [0.1, 0.15) is 0 Å². The third-order valence-electron chi connectivity index (χ3n) is 8.83. The summed E-state index contributed by atoms with van der Waals surface area (Å²) in [6.07, 6.45) is 42.1. The largest absolute Gasteiger partial charge is 0.370 e. The van der Waals surface area contributed by atoms with Gasteiger partial charge in [-0.2, -0.15) is 0 Å². The van der Waals surface area contributed by atoms with Crippen LogP contribution in [0.4, 0.5) is 0 Å². The molecule has 1 atom stereocenters. The molecule has 0 aromatic carbocycles. The first-order valence-corrected chi connectivity index (χ1v) is 19.1. The van der Waals surface area contributed by atoms with Crippen LogP contribution in [0.25, 0.3) is 0 Å². The standard InChI is InChI=1S/C20H41NO.C18H37NO/c1-3-5-6-7-8-9-10-11-12-13-14-15-16-17-18-19(4-2)20(21)22;1-2-3-4-5-6-7-8-9-10-11-12-13-14-15-16-17-18(19)20/h19H,3-18H2,1-2H3,(H2,21,22);2-17H2,1H3,(H2,19,20). The van der Waals surface area contributed by atoms with Crippen LogP contribution in [0.5, 0.6) is 0 Å². The van der Waals surface area contributed by atoms with Crippen LogP contribution < -0.4 is 11.5 Å². The maximum atomic E-state index is 11.1. The molecule has 0 bridgehead atoms. The molecule has 0 aliphatic heterocycles. The van der Waals surface area contributed by atoms with E-state index in [-0.39, 0.29) is 17.7 Å². The summed E-state index contributed by atoms with van der Waals surface area (Å²) >= 11 is 0. The van der Waals surface area contributed by atoms with E-state index in [1.165, 1.54) is 180 Å². The van der Waals surface area contributed by atoms with Crippen molar-refractivity contribution in [1.82, 2.24) is 0 Å². The van der Waals surface area contributed by atoms with Gasteiger partial charge in [-0.1, -0.05) is 201 Å². The number of unbranched alkanes of at least 4 members (excludes halogenated alkanes) is 27. The van der Waals surface area contributed by atoms with Gasteiger partial charge in [-0.15, -0.1) is 0 Å². The molecule has 0 spiro atoms. The Morgan fingerprint density at radius 2 is 0.667 bits per heavy atom. The second-order valence-corrected chi connectivity index (χ2v) is 13.1. The average Bonchev–Trinajstić information content (AvgIpc) is 2.97. The number of primary amides is 2. The average molecular weight is 595 g/mol. The number of hydrogen-bond acceptors (Lipinski definition) is 2. The summed E-state index contributed by atoms with van der Waals surface area (Å²) < 4.78 is 0. The van der Waals surface area contributed by atoms with Gasteiger partial charge in [0.05, 0.1) is 0 Å². The normalized spacial score (nSPS) is 11.7. The Kier molecular flexibility index (Phi) is 38.9. The molecule has 0 rings (SSSR count). The molecule has 2 amide bonds. The first-order valence-electron chi connectivity index (χ1n) is 19.1. The Hall–Kier alpha value is -1.06. The fraction of sp³-hybridized carbons (Fsp3) is 0.947. The third-order valence-corrected chi connectivity index (χ3v) is 8.83. The molecule has 1 unspecified atom stereocenters.